The average molecular weight is 191 g/mol. The van der Waals surface area contributed by atoms with E-state index in [0.717, 1.165) is 0 Å². The standard InChI is InChI=1S/C7H13NO3S/c1-8-7(9)6-2-4-12(10,11)5-3-6/h6H,2-5H2,1H3,(H,8,9). The summed E-state index contributed by atoms with van der Waals surface area (Å²) in [6, 6.07) is 0. The van der Waals surface area contributed by atoms with Gasteiger partial charge < -0.3 is 5.32 Å². The minimum atomic E-state index is -2.84. The number of amides is 1. The lowest BCUT2D eigenvalue weighted by atomic mass is 10.0. The summed E-state index contributed by atoms with van der Waals surface area (Å²) in [5.74, 6) is 0.180. The highest BCUT2D eigenvalue weighted by molar-refractivity contribution is 7.91. The van der Waals surface area contributed by atoms with Gasteiger partial charge in [-0.15, -0.1) is 0 Å². The molecule has 0 atom stereocenters. The van der Waals surface area contributed by atoms with Crippen molar-refractivity contribution in [3.63, 3.8) is 0 Å². The molecule has 1 heterocycles. The Morgan fingerprint density at radius 1 is 1.33 bits per heavy atom. The zero-order valence-corrected chi connectivity index (χ0v) is 7.86. The van der Waals surface area contributed by atoms with Crippen LogP contribution in [0.4, 0.5) is 0 Å². The van der Waals surface area contributed by atoms with Crippen LogP contribution in [0.1, 0.15) is 12.8 Å². The Bertz CT molecular complexity index is 256. The van der Waals surface area contributed by atoms with Gasteiger partial charge in [0.2, 0.25) is 5.91 Å². The van der Waals surface area contributed by atoms with Crippen molar-refractivity contribution in [2.45, 2.75) is 12.8 Å². The van der Waals surface area contributed by atoms with Crippen LogP contribution < -0.4 is 5.32 Å². The fourth-order valence-corrected chi connectivity index (χ4v) is 2.85. The van der Waals surface area contributed by atoms with Gasteiger partial charge in [0, 0.05) is 13.0 Å². The Hall–Kier alpha value is -0.580. The smallest absolute Gasteiger partial charge is 0.222 e. The Morgan fingerprint density at radius 2 is 1.83 bits per heavy atom. The molecular weight excluding hydrogens is 178 g/mol. The fraction of sp³-hybridized carbons (Fsp3) is 0.857. The Morgan fingerprint density at radius 3 is 2.25 bits per heavy atom. The molecule has 0 bridgehead atoms. The minimum Gasteiger partial charge on any atom is -0.359 e. The summed E-state index contributed by atoms with van der Waals surface area (Å²) < 4.78 is 22.0. The normalized spacial score (nSPS) is 23.4. The molecule has 1 fully saturated rings. The Balaban J connectivity index is 2.52. The molecule has 1 aliphatic heterocycles. The second kappa shape index (κ2) is 3.43. The predicted octanol–water partition coefficient (Wildman–Crippen LogP) is -0.443. The van der Waals surface area contributed by atoms with E-state index in [0.29, 0.717) is 12.8 Å². The molecule has 0 aromatic rings. The molecule has 0 spiro atoms. The van der Waals surface area contributed by atoms with Crippen LogP contribution in [0.15, 0.2) is 0 Å². The second-order valence-corrected chi connectivity index (χ2v) is 5.34. The van der Waals surface area contributed by atoms with Crippen molar-refractivity contribution in [1.29, 1.82) is 0 Å². The lowest BCUT2D eigenvalue weighted by molar-refractivity contribution is -0.124. The molecule has 0 radical (unpaired) electrons. The van der Waals surface area contributed by atoms with Crippen molar-refractivity contribution in [3.05, 3.63) is 0 Å². The Kier molecular flexibility index (Phi) is 2.72. The molecule has 4 nitrogen and oxygen atoms in total. The molecular formula is C7H13NO3S. The molecule has 70 valence electrons. The summed E-state index contributed by atoms with van der Waals surface area (Å²) in [7, 11) is -1.26. The molecule has 1 aliphatic rings. The van der Waals surface area contributed by atoms with E-state index in [1.807, 2.05) is 0 Å². The zero-order chi connectivity index (χ0) is 9.19. The molecule has 1 saturated heterocycles. The van der Waals surface area contributed by atoms with Gasteiger partial charge in [-0.3, -0.25) is 4.79 Å². The molecule has 12 heavy (non-hydrogen) atoms. The lowest BCUT2D eigenvalue weighted by Gasteiger charge is -2.19. The van der Waals surface area contributed by atoms with Crippen molar-refractivity contribution in [2.75, 3.05) is 18.6 Å². The summed E-state index contributed by atoms with van der Waals surface area (Å²) in [5.41, 5.74) is 0. The van der Waals surface area contributed by atoms with Crippen molar-refractivity contribution in [2.24, 2.45) is 5.92 Å². The summed E-state index contributed by atoms with van der Waals surface area (Å²) >= 11 is 0. The predicted molar refractivity (Wildman–Crippen MR) is 45.4 cm³/mol. The molecule has 1 amide bonds. The summed E-state index contributed by atoms with van der Waals surface area (Å²) in [5, 5.41) is 2.53. The van der Waals surface area contributed by atoms with E-state index >= 15 is 0 Å². The molecule has 1 rings (SSSR count). The van der Waals surface area contributed by atoms with Gasteiger partial charge in [-0.1, -0.05) is 0 Å². The number of rotatable bonds is 1. The maximum Gasteiger partial charge on any atom is 0.222 e. The van der Waals surface area contributed by atoms with E-state index in [9.17, 15) is 13.2 Å². The summed E-state index contributed by atoms with van der Waals surface area (Å²) in [6.45, 7) is 0. The van der Waals surface area contributed by atoms with Crippen LogP contribution in [0.2, 0.25) is 0 Å². The lowest BCUT2D eigenvalue weighted by Crippen LogP contribution is -2.34. The highest BCUT2D eigenvalue weighted by Gasteiger charge is 2.27. The van der Waals surface area contributed by atoms with E-state index in [1.165, 1.54) is 0 Å². The summed E-state index contributed by atoms with van der Waals surface area (Å²) in [4.78, 5) is 11.1. The van der Waals surface area contributed by atoms with Crippen LogP contribution >= 0.6 is 0 Å². The third-order valence-corrected chi connectivity index (χ3v) is 3.89. The summed E-state index contributed by atoms with van der Waals surface area (Å²) in [6.07, 6.45) is 0.948. The van der Waals surface area contributed by atoms with Crippen molar-refractivity contribution in [3.8, 4) is 0 Å². The molecule has 0 aromatic heterocycles. The molecule has 5 heteroatoms. The van der Waals surface area contributed by atoms with Gasteiger partial charge in [0.05, 0.1) is 11.5 Å². The third-order valence-electron chi connectivity index (χ3n) is 2.17. The van der Waals surface area contributed by atoms with Crippen LogP contribution in [0.3, 0.4) is 0 Å². The third kappa shape index (κ3) is 2.20. The van der Waals surface area contributed by atoms with Gasteiger partial charge in [-0.25, -0.2) is 8.42 Å². The zero-order valence-electron chi connectivity index (χ0n) is 7.04. The number of hydrogen-bond acceptors (Lipinski definition) is 3. The maximum absolute atomic E-state index is 11.1. The van der Waals surface area contributed by atoms with E-state index in [2.05, 4.69) is 5.32 Å². The first kappa shape index (κ1) is 9.51. The highest BCUT2D eigenvalue weighted by atomic mass is 32.2. The van der Waals surface area contributed by atoms with E-state index in [-0.39, 0.29) is 23.3 Å². The number of hydrogen-bond donors (Lipinski definition) is 1. The first-order chi connectivity index (χ1) is 5.55. The second-order valence-electron chi connectivity index (χ2n) is 3.04. The highest BCUT2D eigenvalue weighted by Crippen LogP contribution is 2.18. The van der Waals surface area contributed by atoms with Gasteiger partial charge in [-0.2, -0.15) is 0 Å². The van der Waals surface area contributed by atoms with Gasteiger partial charge in [0.15, 0.2) is 0 Å². The average Bonchev–Trinajstić information content (AvgIpc) is 2.03. The van der Waals surface area contributed by atoms with Crippen LogP contribution in [0, 0.1) is 5.92 Å². The molecule has 1 N–H and O–H groups in total. The maximum atomic E-state index is 11.1. The first-order valence-electron chi connectivity index (χ1n) is 3.97. The minimum absolute atomic E-state index is 0.0371. The van der Waals surface area contributed by atoms with Gasteiger partial charge in [-0.05, 0) is 12.8 Å². The monoisotopic (exact) mass is 191 g/mol. The van der Waals surface area contributed by atoms with Gasteiger partial charge in [0.1, 0.15) is 9.84 Å². The number of sulfone groups is 1. The Labute approximate surface area is 72.3 Å². The van der Waals surface area contributed by atoms with Crippen molar-refractivity contribution >= 4 is 15.7 Å². The number of carbonyl (C=O) groups is 1. The van der Waals surface area contributed by atoms with Crippen LogP contribution in [-0.4, -0.2) is 32.9 Å². The van der Waals surface area contributed by atoms with Crippen molar-refractivity contribution in [1.82, 2.24) is 5.32 Å². The molecule has 0 aliphatic carbocycles. The molecule has 0 aromatic carbocycles. The first-order valence-corrected chi connectivity index (χ1v) is 5.79. The van der Waals surface area contributed by atoms with Crippen LogP contribution in [-0.2, 0) is 14.6 Å². The fourth-order valence-electron chi connectivity index (χ4n) is 1.36. The number of nitrogens with one attached hydrogen (secondary N) is 1. The largest absolute Gasteiger partial charge is 0.359 e. The van der Waals surface area contributed by atoms with Crippen LogP contribution in [0.25, 0.3) is 0 Å². The van der Waals surface area contributed by atoms with Gasteiger partial charge >= 0.3 is 0 Å². The molecule has 0 unspecified atom stereocenters. The topological polar surface area (TPSA) is 63.2 Å². The van der Waals surface area contributed by atoms with E-state index in [4.69, 9.17) is 0 Å². The van der Waals surface area contributed by atoms with E-state index in [1.54, 1.807) is 7.05 Å². The van der Waals surface area contributed by atoms with E-state index < -0.39 is 9.84 Å². The number of carbonyl (C=O) groups excluding carboxylic acids is 1. The molecule has 0 saturated carbocycles. The van der Waals surface area contributed by atoms with Crippen molar-refractivity contribution < 1.29 is 13.2 Å². The van der Waals surface area contributed by atoms with Gasteiger partial charge in [0.25, 0.3) is 0 Å². The van der Waals surface area contributed by atoms with Crippen LogP contribution in [0.5, 0.6) is 0 Å². The SMILES string of the molecule is CNC(=O)C1CCS(=O)(=O)CC1. The quantitative estimate of drug-likeness (QED) is 0.611.